The minimum Gasteiger partial charge on any atom is -0.506 e. The molecule has 0 aliphatic carbocycles. The number of amides is 1. The number of carbonyl (C=O) groups is 1. The number of pyridine rings is 1. The van der Waals surface area contributed by atoms with Gasteiger partial charge < -0.3 is 15.3 Å². The Balaban J connectivity index is 2.20. The largest absolute Gasteiger partial charge is 0.506 e. The van der Waals surface area contributed by atoms with Crippen LogP contribution >= 0.6 is 0 Å². The van der Waals surface area contributed by atoms with Gasteiger partial charge in [0.2, 0.25) is 0 Å². The smallest absolute Gasteiger partial charge is 0.257 e. The molecular weight excluding hydrogens is 254 g/mol. The maximum absolute atomic E-state index is 12.1. The fraction of sp³-hybridized carbons (Fsp3) is 0.200. The van der Waals surface area contributed by atoms with Gasteiger partial charge in [-0.1, -0.05) is 0 Å². The summed E-state index contributed by atoms with van der Waals surface area (Å²) < 4.78 is 0. The summed E-state index contributed by atoms with van der Waals surface area (Å²) in [5.41, 5.74) is 3.10. The van der Waals surface area contributed by atoms with Gasteiger partial charge in [0.1, 0.15) is 5.75 Å². The van der Waals surface area contributed by atoms with E-state index < -0.39 is 0 Å². The predicted octanol–water partition coefficient (Wildman–Crippen LogP) is 2.41. The average Bonchev–Trinajstić information content (AvgIpc) is 2.40. The van der Waals surface area contributed by atoms with E-state index in [1.54, 1.807) is 0 Å². The third kappa shape index (κ3) is 3.06. The molecule has 0 aliphatic rings. The Morgan fingerprint density at radius 1 is 1.25 bits per heavy atom. The predicted molar refractivity (Wildman–Crippen MR) is 79.4 cm³/mol. The lowest BCUT2D eigenvalue weighted by molar-refractivity contribution is 0.102. The van der Waals surface area contributed by atoms with Crippen molar-refractivity contribution in [2.45, 2.75) is 6.92 Å². The molecule has 1 heterocycles. The van der Waals surface area contributed by atoms with E-state index in [9.17, 15) is 9.90 Å². The summed E-state index contributed by atoms with van der Waals surface area (Å²) in [6.07, 6.45) is 2.70. The van der Waals surface area contributed by atoms with Crippen molar-refractivity contribution in [2.24, 2.45) is 0 Å². The summed E-state index contributed by atoms with van der Waals surface area (Å²) in [5.74, 6) is -0.327. The van der Waals surface area contributed by atoms with Gasteiger partial charge in [0, 0.05) is 31.7 Å². The first kappa shape index (κ1) is 13.9. The molecule has 2 aromatic rings. The van der Waals surface area contributed by atoms with Crippen molar-refractivity contribution in [1.29, 1.82) is 0 Å². The van der Waals surface area contributed by atoms with Gasteiger partial charge >= 0.3 is 0 Å². The van der Waals surface area contributed by atoms with E-state index >= 15 is 0 Å². The van der Waals surface area contributed by atoms with Crippen LogP contribution in [0.4, 0.5) is 11.4 Å². The number of hydrogen-bond donors (Lipinski definition) is 2. The van der Waals surface area contributed by atoms with Crippen molar-refractivity contribution in [1.82, 2.24) is 4.98 Å². The van der Waals surface area contributed by atoms with Crippen molar-refractivity contribution in [3.8, 4) is 5.75 Å². The lowest BCUT2D eigenvalue weighted by Gasteiger charge is -2.15. The summed E-state index contributed by atoms with van der Waals surface area (Å²) in [4.78, 5) is 17.9. The van der Waals surface area contributed by atoms with Gasteiger partial charge in [0.25, 0.3) is 5.91 Å². The van der Waals surface area contributed by atoms with E-state index in [1.807, 2.05) is 44.1 Å². The normalized spacial score (nSPS) is 10.2. The fourth-order valence-electron chi connectivity index (χ4n) is 1.81. The summed E-state index contributed by atoms with van der Waals surface area (Å²) >= 11 is 0. The van der Waals surface area contributed by atoms with E-state index in [0.717, 1.165) is 16.9 Å². The van der Waals surface area contributed by atoms with Gasteiger partial charge in [-0.2, -0.15) is 0 Å². The van der Waals surface area contributed by atoms with E-state index in [2.05, 4.69) is 10.3 Å². The van der Waals surface area contributed by atoms with Crippen LogP contribution in [0.3, 0.4) is 0 Å². The molecule has 104 valence electrons. The summed E-state index contributed by atoms with van der Waals surface area (Å²) in [5, 5.41) is 12.1. The van der Waals surface area contributed by atoms with Crippen molar-refractivity contribution in [2.75, 3.05) is 24.3 Å². The molecule has 0 bridgehead atoms. The Bertz CT molecular complexity index is 639. The molecule has 1 aromatic heterocycles. The molecule has 0 fully saturated rings. The zero-order valence-electron chi connectivity index (χ0n) is 11.7. The molecular formula is C15H17N3O2. The Morgan fingerprint density at radius 3 is 2.60 bits per heavy atom. The van der Waals surface area contributed by atoms with Crippen LogP contribution in [0, 0.1) is 6.92 Å². The topological polar surface area (TPSA) is 65.5 Å². The molecule has 2 rings (SSSR count). The van der Waals surface area contributed by atoms with Crippen molar-refractivity contribution in [3.05, 3.63) is 47.8 Å². The maximum Gasteiger partial charge on any atom is 0.257 e. The van der Waals surface area contributed by atoms with E-state index in [4.69, 9.17) is 0 Å². The quantitative estimate of drug-likeness (QED) is 0.899. The average molecular weight is 271 g/mol. The molecule has 5 heteroatoms. The first-order chi connectivity index (χ1) is 9.47. The van der Waals surface area contributed by atoms with Crippen LogP contribution in [-0.4, -0.2) is 30.1 Å². The minimum absolute atomic E-state index is 0.0303. The van der Waals surface area contributed by atoms with Crippen LogP contribution < -0.4 is 10.2 Å². The van der Waals surface area contributed by atoms with Crippen molar-refractivity contribution in [3.63, 3.8) is 0 Å². The Morgan fingerprint density at radius 2 is 2.00 bits per heavy atom. The highest BCUT2D eigenvalue weighted by Gasteiger charge is 2.09. The third-order valence-corrected chi connectivity index (χ3v) is 2.96. The Labute approximate surface area is 117 Å². The second-order valence-electron chi connectivity index (χ2n) is 4.78. The van der Waals surface area contributed by atoms with Gasteiger partial charge in [0.05, 0.1) is 11.8 Å². The summed E-state index contributed by atoms with van der Waals surface area (Å²) in [6.45, 7) is 1.93. The maximum atomic E-state index is 12.1. The van der Waals surface area contributed by atoms with Crippen LogP contribution in [0.25, 0.3) is 0 Å². The third-order valence-electron chi connectivity index (χ3n) is 2.96. The summed E-state index contributed by atoms with van der Waals surface area (Å²) in [7, 11) is 3.93. The first-order valence-corrected chi connectivity index (χ1v) is 6.20. The Kier molecular flexibility index (Phi) is 3.89. The summed E-state index contributed by atoms with van der Waals surface area (Å²) in [6, 6.07) is 7.17. The molecule has 0 atom stereocenters. The lowest BCUT2D eigenvalue weighted by atomic mass is 10.1. The number of nitrogens with zero attached hydrogens (tertiary/aromatic N) is 2. The second kappa shape index (κ2) is 5.61. The molecule has 20 heavy (non-hydrogen) atoms. The van der Waals surface area contributed by atoms with E-state index in [1.165, 1.54) is 18.5 Å². The van der Waals surface area contributed by atoms with E-state index in [0.29, 0.717) is 5.56 Å². The number of aryl methyl sites for hydroxylation is 1. The molecule has 0 saturated carbocycles. The number of hydrogen-bond acceptors (Lipinski definition) is 4. The van der Waals surface area contributed by atoms with Crippen LogP contribution in [0.1, 0.15) is 15.9 Å². The molecule has 0 radical (unpaired) electrons. The lowest BCUT2D eigenvalue weighted by Crippen LogP contribution is -2.14. The van der Waals surface area contributed by atoms with Crippen LogP contribution in [0.5, 0.6) is 5.75 Å². The number of nitrogens with one attached hydrogen (secondary N) is 1. The Hall–Kier alpha value is -2.56. The minimum atomic E-state index is -0.297. The van der Waals surface area contributed by atoms with Gasteiger partial charge in [-0.3, -0.25) is 9.78 Å². The first-order valence-electron chi connectivity index (χ1n) is 6.20. The standard InChI is InChI=1S/C15H17N3O2/c1-10-6-12(18(2)3)4-5-14(10)17-15(20)11-7-13(19)9-16-8-11/h4-9,19H,1-3H3,(H,17,20). The van der Waals surface area contributed by atoms with Crippen LogP contribution in [0.15, 0.2) is 36.7 Å². The van der Waals surface area contributed by atoms with Crippen LogP contribution in [0.2, 0.25) is 0 Å². The highest BCUT2D eigenvalue weighted by Crippen LogP contribution is 2.22. The van der Waals surface area contributed by atoms with E-state index in [-0.39, 0.29) is 11.7 Å². The molecule has 0 aliphatic heterocycles. The molecule has 0 spiro atoms. The zero-order valence-corrected chi connectivity index (χ0v) is 11.7. The monoisotopic (exact) mass is 271 g/mol. The van der Waals surface area contributed by atoms with Crippen molar-refractivity contribution >= 4 is 17.3 Å². The SMILES string of the molecule is Cc1cc(N(C)C)ccc1NC(=O)c1cncc(O)c1. The molecule has 1 amide bonds. The van der Waals surface area contributed by atoms with Gasteiger partial charge in [-0.25, -0.2) is 0 Å². The highest BCUT2D eigenvalue weighted by molar-refractivity contribution is 6.04. The number of aromatic nitrogens is 1. The zero-order chi connectivity index (χ0) is 14.7. The molecule has 2 N–H and O–H groups in total. The number of aromatic hydroxyl groups is 1. The van der Waals surface area contributed by atoms with Crippen molar-refractivity contribution < 1.29 is 9.90 Å². The second-order valence-corrected chi connectivity index (χ2v) is 4.78. The molecule has 5 nitrogen and oxygen atoms in total. The van der Waals surface area contributed by atoms with Crippen LogP contribution in [-0.2, 0) is 0 Å². The van der Waals surface area contributed by atoms with Gasteiger partial charge in [0.15, 0.2) is 0 Å². The number of rotatable bonds is 3. The fourth-order valence-corrected chi connectivity index (χ4v) is 1.81. The van der Waals surface area contributed by atoms with Gasteiger partial charge in [-0.05, 0) is 36.8 Å². The number of anilines is 2. The molecule has 0 saturated heterocycles. The molecule has 1 aromatic carbocycles. The van der Waals surface area contributed by atoms with Gasteiger partial charge in [-0.15, -0.1) is 0 Å². The molecule has 0 unspecified atom stereocenters. The number of benzene rings is 1. The number of carbonyl (C=O) groups excluding carboxylic acids is 1. The highest BCUT2D eigenvalue weighted by atomic mass is 16.3.